The fraction of sp³-hybridized carbons (Fsp3) is 0.286. The highest BCUT2D eigenvalue weighted by atomic mass is 35.5. The van der Waals surface area contributed by atoms with Crippen molar-refractivity contribution in [3.8, 4) is 11.4 Å². The molecule has 144 valence electrons. The molecule has 4 rings (SSSR count). The third-order valence-electron chi connectivity index (χ3n) is 4.80. The van der Waals surface area contributed by atoms with Gasteiger partial charge in [0.25, 0.3) is 5.91 Å². The number of benzene rings is 2. The van der Waals surface area contributed by atoms with Gasteiger partial charge in [-0.05, 0) is 49.2 Å². The van der Waals surface area contributed by atoms with Crippen LogP contribution in [0.5, 0.6) is 5.75 Å². The van der Waals surface area contributed by atoms with Gasteiger partial charge in [0.05, 0.1) is 18.5 Å². The van der Waals surface area contributed by atoms with Gasteiger partial charge in [0.2, 0.25) is 0 Å². The maximum atomic E-state index is 12.9. The highest BCUT2D eigenvalue weighted by molar-refractivity contribution is 6.30. The Bertz CT molecular complexity index is 927. The van der Waals surface area contributed by atoms with Crippen molar-refractivity contribution < 1.29 is 9.53 Å². The summed E-state index contributed by atoms with van der Waals surface area (Å²) < 4.78 is 5.87. The summed E-state index contributed by atoms with van der Waals surface area (Å²) in [5.41, 5.74) is 1.11. The molecule has 28 heavy (non-hydrogen) atoms. The summed E-state index contributed by atoms with van der Waals surface area (Å²) in [4.78, 5) is 16.2. The molecule has 0 aliphatic carbocycles. The van der Waals surface area contributed by atoms with Gasteiger partial charge in [-0.1, -0.05) is 29.8 Å². The molecule has 7 heteroatoms. The van der Waals surface area contributed by atoms with Crippen LogP contribution in [-0.2, 0) is 0 Å². The molecule has 1 saturated heterocycles. The molecule has 0 saturated carbocycles. The Hall–Kier alpha value is -2.86. The number of carbonyl (C=O) groups is 1. The minimum Gasteiger partial charge on any atom is -0.493 e. The average Bonchev–Trinajstić information content (AvgIpc) is 3.23. The van der Waals surface area contributed by atoms with E-state index in [1.807, 2.05) is 47.4 Å². The van der Waals surface area contributed by atoms with E-state index in [9.17, 15) is 4.79 Å². The fourth-order valence-electron chi connectivity index (χ4n) is 3.34. The Morgan fingerprint density at radius 1 is 1.14 bits per heavy atom. The third kappa shape index (κ3) is 4.34. The zero-order valence-corrected chi connectivity index (χ0v) is 16.1. The Kier molecular flexibility index (Phi) is 5.58. The number of halogens is 1. The first-order valence-corrected chi connectivity index (χ1v) is 9.72. The topological polar surface area (TPSA) is 60.2 Å². The molecule has 1 amide bonds. The van der Waals surface area contributed by atoms with Gasteiger partial charge < -0.3 is 9.64 Å². The quantitative estimate of drug-likeness (QED) is 0.657. The van der Waals surface area contributed by atoms with Crippen molar-refractivity contribution in [2.24, 2.45) is 5.92 Å². The molecule has 0 N–H and O–H groups in total. The number of para-hydroxylation sites is 1. The van der Waals surface area contributed by atoms with E-state index in [2.05, 4.69) is 10.2 Å². The summed E-state index contributed by atoms with van der Waals surface area (Å²) in [7, 11) is 0. The largest absolute Gasteiger partial charge is 0.493 e. The highest BCUT2D eigenvalue weighted by Crippen LogP contribution is 2.20. The van der Waals surface area contributed by atoms with E-state index in [1.54, 1.807) is 12.1 Å². The number of aromatic nitrogens is 3. The van der Waals surface area contributed by atoms with Gasteiger partial charge in [-0.2, -0.15) is 9.90 Å². The molecule has 0 radical (unpaired) electrons. The Labute approximate surface area is 168 Å². The smallest absolute Gasteiger partial charge is 0.276 e. The molecule has 3 aromatic rings. The minimum atomic E-state index is -0.0929. The molecular formula is C21H21ClN4O2. The van der Waals surface area contributed by atoms with E-state index in [0.717, 1.165) is 30.8 Å². The second-order valence-electron chi connectivity index (χ2n) is 6.88. The predicted molar refractivity (Wildman–Crippen MR) is 107 cm³/mol. The van der Waals surface area contributed by atoms with Crippen molar-refractivity contribution in [2.45, 2.75) is 12.8 Å². The Morgan fingerprint density at radius 2 is 1.93 bits per heavy atom. The summed E-state index contributed by atoms with van der Waals surface area (Å²) in [5.74, 6) is 1.07. The van der Waals surface area contributed by atoms with Crippen LogP contribution in [-0.4, -0.2) is 45.5 Å². The number of likely N-dealkylation sites (tertiary alicyclic amines) is 1. The van der Waals surface area contributed by atoms with Crippen molar-refractivity contribution in [1.29, 1.82) is 0 Å². The number of rotatable bonds is 5. The van der Waals surface area contributed by atoms with Crippen molar-refractivity contribution >= 4 is 17.5 Å². The molecule has 1 unspecified atom stereocenters. The normalized spacial score (nSPS) is 16.8. The van der Waals surface area contributed by atoms with Crippen LogP contribution in [0.4, 0.5) is 0 Å². The van der Waals surface area contributed by atoms with Crippen LogP contribution >= 0.6 is 11.6 Å². The van der Waals surface area contributed by atoms with Crippen LogP contribution in [0.15, 0.2) is 60.8 Å². The summed E-state index contributed by atoms with van der Waals surface area (Å²) in [6.07, 6.45) is 3.52. The molecule has 1 aliphatic heterocycles. The number of carbonyl (C=O) groups excluding carboxylic acids is 1. The molecule has 6 nitrogen and oxygen atoms in total. The summed E-state index contributed by atoms with van der Waals surface area (Å²) in [6.45, 7) is 2.00. The minimum absolute atomic E-state index is 0.0929. The van der Waals surface area contributed by atoms with E-state index < -0.39 is 0 Å². The van der Waals surface area contributed by atoms with Gasteiger partial charge in [-0.3, -0.25) is 4.79 Å². The van der Waals surface area contributed by atoms with Gasteiger partial charge in [-0.25, -0.2) is 0 Å². The lowest BCUT2D eigenvalue weighted by Gasteiger charge is -2.32. The molecule has 1 atom stereocenters. The molecule has 0 bridgehead atoms. The zero-order chi connectivity index (χ0) is 19.3. The van der Waals surface area contributed by atoms with Crippen LogP contribution in [0, 0.1) is 5.92 Å². The van der Waals surface area contributed by atoms with E-state index in [1.165, 1.54) is 11.0 Å². The molecular weight excluding hydrogens is 376 g/mol. The van der Waals surface area contributed by atoms with Crippen LogP contribution in [0.3, 0.4) is 0 Å². The first kappa shape index (κ1) is 18.5. The van der Waals surface area contributed by atoms with Crippen LogP contribution in [0.25, 0.3) is 5.69 Å². The van der Waals surface area contributed by atoms with Crippen molar-refractivity contribution in [1.82, 2.24) is 19.9 Å². The van der Waals surface area contributed by atoms with Gasteiger partial charge in [0.1, 0.15) is 5.75 Å². The van der Waals surface area contributed by atoms with Gasteiger partial charge >= 0.3 is 0 Å². The van der Waals surface area contributed by atoms with E-state index >= 15 is 0 Å². The first-order valence-electron chi connectivity index (χ1n) is 9.34. The molecule has 2 aromatic carbocycles. The molecule has 0 spiro atoms. The first-order chi connectivity index (χ1) is 13.7. The van der Waals surface area contributed by atoms with Crippen molar-refractivity contribution in [2.75, 3.05) is 19.7 Å². The molecule has 1 fully saturated rings. The predicted octanol–water partition coefficient (Wildman–Crippen LogP) is 3.85. The second kappa shape index (κ2) is 8.44. The summed E-state index contributed by atoms with van der Waals surface area (Å²) >= 11 is 5.91. The SMILES string of the molecule is O=C(c1cnn(-c2ccc(Cl)cc2)n1)N1CCCC(COc2ccccc2)C1. The number of ether oxygens (including phenoxy) is 1. The lowest BCUT2D eigenvalue weighted by atomic mass is 9.98. The fourth-order valence-corrected chi connectivity index (χ4v) is 3.46. The molecule has 1 aliphatic rings. The number of amides is 1. The maximum Gasteiger partial charge on any atom is 0.276 e. The second-order valence-corrected chi connectivity index (χ2v) is 7.32. The van der Waals surface area contributed by atoms with Crippen LogP contribution < -0.4 is 4.74 Å². The lowest BCUT2D eigenvalue weighted by Crippen LogP contribution is -2.41. The van der Waals surface area contributed by atoms with Crippen molar-refractivity contribution in [3.63, 3.8) is 0 Å². The van der Waals surface area contributed by atoms with Crippen molar-refractivity contribution in [3.05, 3.63) is 71.5 Å². The number of piperidine rings is 1. The number of nitrogens with zero attached hydrogens (tertiary/aromatic N) is 4. The lowest BCUT2D eigenvalue weighted by molar-refractivity contribution is 0.0627. The van der Waals surface area contributed by atoms with E-state index in [4.69, 9.17) is 16.3 Å². The van der Waals surface area contributed by atoms with Crippen LogP contribution in [0.2, 0.25) is 5.02 Å². The molecule has 1 aromatic heterocycles. The highest BCUT2D eigenvalue weighted by Gasteiger charge is 2.26. The van der Waals surface area contributed by atoms with Gasteiger partial charge in [0, 0.05) is 24.0 Å². The maximum absolute atomic E-state index is 12.9. The Morgan fingerprint density at radius 3 is 2.71 bits per heavy atom. The molecule has 2 heterocycles. The number of hydrogen-bond donors (Lipinski definition) is 0. The zero-order valence-electron chi connectivity index (χ0n) is 15.4. The number of hydrogen-bond acceptors (Lipinski definition) is 4. The standard InChI is InChI=1S/C21H21ClN4O2/c22-17-8-10-18(11-9-17)26-23-13-20(24-26)21(27)25-12-4-5-16(14-25)15-28-19-6-2-1-3-7-19/h1-3,6-11,13,16H,4-5,12,14-15H2. The van der Waals surface area contributed by atoms with Gasteiger partial charge in [0.15, 0.2) is 5.69 Å². The third-order valence-corrected chi connectivity index (χ3v) is 5.06. The summed E-state index contributed by atoms with van der Waals surface area (Å²) in [6, 6.07) is 16.9. The Balaban J connectivity index is 1.38. The van der Waals surface area contributed by atoms with E-state index in [-0.39, 0.29) is 5.91 Å². The van der Waals surface area contributed by atoms with Gasteiger partial charge in [-0.15, -0.1) is 5.10 Å². The van der Waals surface area contributed by atoms with E-state index in [0.29, 0.717) is 29.8 Å². The summed E-state index contributed by atoms with van der Waals surface area (Å²) in [5, 5.41) is 9.20. The average molecular weight is 397 g/mol. The monoisotopic (exact) mass is 396 g/mol. The van der Waals surface area contributed by atoms with Crippen LogP contribution in [0.1, 0.15) is 23.3 Å².